The monoisotopic (exact) mass is 505 g/mol. The summed E-state index contributed by atoms with van der Waals surface area (Å²) in [6, 6.07) is -0.414. The average Bonchev–Trinajstić information content (AvgIpc) is 3.24. The van der Waals surface area contributed by atoms with Gasteiger partial charge in [0.2, 0.25) is 0 Å². The van der Waals surface area contributed by atoms with Gasteiger partial charge in [-0.15, -0.1) is 0 Å². The van der Waals surface area contributed by atoms with Crippen molar-refractivity contribution in [3.8, 4) is 0 Å². The van der Waals surface area contributed by atoms with Crippen LogP contribution in [-0.4, -0.2) is 62.9 Å². The Morgan fingerprint density at radius 1 is 1.22 bits per heavy atom. The van der Waals surface area contributed by atoms with Crippen LogP contribution in [0.15, 0.2) is 23.8 Å². The van der Waals surface area contributed by atoms with E-state index in [4.69, 9.17) is 18.9 Å². The molecule has 0 unspecified atom stereocenters. The van der Waals surface area contributed by atoms with Crippen molar-refractivity contribution in [2.75, 3.05) is 26.9 Å². The molecular weight excluding hydrogens is 466 g/mol. The molecule has 200 valence electrons. The van der Waals surface area contributed by atoms with Gasteiger partial charge < -0.3 is 18.9 Å². The van der Waals surface area contributed by atoms with Crippen molar-refractivity contribution < 1.29 is 38.1 Å². The lowest BCUT2D eigenvalue weighted by molar-refractivity contribution is -0.192. The van der Waals surface area contributed by atoms with E-state index in [1.165, 1.54) is 21.0 Å². The van der Waals surface area contributed by atoms with E-state index in [1.807, 2.05) is 6.92 Å². The van der Waals surface area contributed by atoms with E-state index >= 15 is 0 Å². The Kier molecular flexibility index (Phi) is 8.64. The molecule has 3 rings (SSSR count). The van der Waals surface area contributed by atoms with Gasteiger partial charge in [-0.1, -0.05) is 26.0 Å². The molecule has 6 atom stereocenters. The summed E-state index contributed by atoms with van der Waals surface area (Å²) in [7, 11) is 1.32. The summed E-state index contributed by atoms with van der Waals surface area (Å²) in [4.78, 5) is 48.0. The highest BCUT2D eigenvalue weighted by atomic mass is 16.6. The molecule has 0 amide bonds. The van der Waals surface area contributed by atoms with E-state index in [2.05, 4.69) is 18.8 Å². The van der Waals surface area contributed by atoms with Crippen LogP contribution in [0.4, 0.5) is 0 Å². The topological polar surface area (TPSA) is 117 Å². The number of carbonyl (C=O) groups excluding carboxylic acids is 4. The highest BCUT2D eigenvalue weighted by molar-refractivity contribution is 5.91. The van der Waals surface area contributed by atoms with Crippen LogP contribution in [0, 0.1) is 22.7 Å². The molecule has 1 aliphatic heterocycles. The molecule has 0 radical (unpaired) electrons. The molecule has 0 aromatic rings. The van der Waals surface area contributed by atoms with Gasteiger partial charge in [-0.25, -0.2) is 4.79 Å². The van der Waals surface area contributed by atoms with E-state index in [-0.39, 0.29) is 55.1 Å². The first-order chi connectivity index (χ1) is 16.9. The van der Waals surface area contributed by atoms with Crippen LogP contribution in [0.3, 0.4) is 0 Å². The summed E-state index contributed by atoms with van der Waals surface area (Å²) in [6.45, 7) is 11.8. The maximum absolute atomic E-state index is 12.4. The quantitative estimate of drug-likeness (QED) is 0.287. The second-order valence-corrected chi connectivity index (χ2v) is 10.7. The Morgan fingerprint density at radius 3 is 2.53 bits per heavy atom. The number of allylic oxidation sites excluding steroid dienone is 1. The fourth-order valence-electron chi connectivity index (χ4n) is 6.74. The number of ether oxygens (including phenoxy) is 4. The summed E-state index contributed by atoms with van der Waals surface area (Å²) in [6.07, 6.45) is 4.92. The first-order valence-corrected chi connectivity index (χ1v) is 12.6. The van der Waals surface area contributed by atoms with Crippen molar-refractivity contribution in [3.63, 3.8) is 0 Å². The Hall–Kier alpha value is -2.68. The van der Waals surface area contributed by atoms with Crippen LogP contribution >= 0.6 is 0 Å². The third kappa shape index (κ3) is 5.66. The van der Waals surface area contributed by atoms with Gasteiger partial charge in [0.05, 0.1) is 19.2 Å². The van der Waals surface area contributed by atoms with Crippen molar-refractivity contribution in [2.45, 2.75) is 71.9 Å². The van der Waals surface area contributed by atoms with E-state index in [1.54, 1.807) is 6.08 Å². The van der Waals surface area contributed by atoms with E-state index in [9.17, 15) is 19.2 Å². The standard InChI is InChI=1S/C27H39NO8/c1-16-7-8-22-26(4,11-9-23(36-18(3)30)27(22,5)15-35-17(2)29)20(16)13-21(28-14-24(31)33-6)19-10-12-34-25(19)32/h10,20-23,28H,1,7-9,11-15H2,2-6H3/t20-,21+,22-,23-,26+,27+/m1/s1. The molecule has 0 aromatic carbocycles. The molecule has 2 aliphatic carbocycles. The number of rotatable bonds is 9. The lowest BCUT2D eigenvalue weighted by atomic mass is 9.46. The molecule has 9 heteroatoms. The zero-order valence-electron chi connectivity index (χ0n) is 22.0. The minimum absolute atomic E-state index is 0.00984. The SMILES string of the molecule is C=C1CC[C@H]2[C@](C)(COC(C)=O)[C@H](OC(C)=O)CC[C@@]2(C)[C@@H]1C[C@H](NCC(=O)OC)C1=CCOC1=O. The predicted octanol–water partition coefficient (Wildman–Crippen LogP) is 2.87. The van der Waals surface area contributed by atoms with Gasteiger partial charge in [-0.3, -0.25) is 19.7 Å². The smallest absolute Gasteiger partial charge is 0.335 e. The lowest BCUT2D eigenvalue weighted by Gasteiger charge is -2.60. The minimum atomic E-state index is -0.580. The van der Waals surface area contributed by atoms with E-state index in [0.717, 1.165) is 24.8 Å². The second-order valence-electron chi connectivity index (χ2n) is 10.7. The number of hydrogen-bond donors (Lipinski definition) is 1. The zero-order chi connectivity index (χ0) is 26.7. The summed E-state index contributed by atoms with van der Waals surface area (Å²) in [5, 5.41) is 3.20. The maximum atomic E-state index is 12.4. The third-order valence-corrected chi connectivity index (χ3v) is 8.53. The van der Waals surface area contributed by atoms with Gasteiger partial charge in [0.25, 0.3) is 0 Å². The number of hydrogen-bond acceptors (Lipinski definition) is 9. The Morgan fingerprint density at radius 2 is 1.94 bits per heavy atom. The molecule has 0 bridgehead atoms. The van der Waals surface area contributed by atoms with Crippen molar-refractivity contribution >= 4 is 23.9 Å². The van der Waals surface area contributed by atoms with Gasteiger partial charge >= 0.3 is 23.9 Å². The molecule has 2 saturated carbocycles. The molecular formula is C27H39NO8. The van der Waals surface area contributed by atoms with Gasteiger partial charge in [0.15, 0.2) is 0 Å². The minimum Gasteiger partial charge on any atom is -0.468 e. The predicted molar refractivity (Wildman–Crippen MR) is 130 cm³/mol. The number of cyclic esters (lactones) is 1. The van der Waals surface area contributed by atoms with Gasteiger partial charge in [-0.05, 0) is 55.4 Å². The molecule has 0 aromatic heterocycles. The lowest BCUT2D eigenvalue weighted by Crippen LogP contribution is -2.59. The first-order valence-electron chi connectivity index (χ1n) is 12.6. The fraction of sp³-hybridized carbons (Fsp3) is 0.704. The maximum Gasteiger partial charge on any atom is 0.335 e. The normalized spacial score (nSPS) is 32.6. The van der Waals surface area contributed by atoms with Crippen LogP contribution < -0.4 is 5.32 Å². The molecule has 0 saturated heterocycles. The summed E-state index contributed by atoms with van der Waals surface area (Å²) < 4.78 is 21.2. The average molecular weight is 506 g/mol. The summed E-state index contributed by atoms with van der Waals surface area (Å²) in [5.74, 6) is -1.46. The molecule has 1 N–H and O–H groups in total. The molecule has 1 heterocycles. The Labute approximate surface area is 212 Å². The highest BCUT2D eigenvalue weighted by Gasteiger charge is 2.60. The molecule has 0 spiro atoms. The molecule has 36 heavy (non-hydrogen) atoms. The zero-order valence-corrected chi connectivity index (χ0v) is 22.0. The number of carbonyl (C=O) groups is 4. The number of methoxy groups -OCH3 is 1. The largest absolute Gasteiger partial charge is 0.468 e. The van der Waals surface area contributed by atoms with E-state index in [0.29, 0.717) is 18.4 Å². The van der Waals surface area contributed by atoms with Crippen LogP contribution in [0.5, 0.6) is 0 Å². The van der Waals surface area contributed by atoms with Crippen LogP contribution in [0.2, 0.25) is 0 Å². The van der Waals surface area contributed by atoms with Crippen molar-refractivity contribution in [1.82, 2.24) is 5.32 Å². The number of fused-ring (bicyclic) bond motifs is 1. The molecule has 2 fully saturated rings. The number of nitrogens with one attached hydrogen (secondary N) is 1. The Balaban J connectivity index is 1.94. The third-order valence-electron chi connectivity index (χ3n) is 8.53. The second kappa shape index (κ2) is 11.2. The van der Waals surface area contributed by atoms with Crippen LogP contribution in [0.1, 0.15) is 59.8 Å². The van der Waals surface area contributed by atoms with Crippen molar-refractivity contribution in [3.05, 3.63) is 23.8 Å². The van der Waals surface area contributed by atoms with Crippen LogP contribution in [-0.2, 0) is 38.1 Å². The summed E-state index contributed by atoms with van der Waals surface area (Å²) >= 11 is 0. The molecule has 9 nitrogen and oxygen atoms in total. The van der Waals surface area contributed by atoms with Gasteiger partial charge in [0.1, 0.15) is 19.3 Å². The van der Waals surface area contributed by atoms with E-state index < -0.39 is 23.4 Å². The van der Waals surface area contributed by atoms with Crippen molar-refractivity contribution in [2.24, 2.45) is 22.7 Å². The fourth-order valence-corrected chi connectivity index (χ4v) is 6.74. The van der Waals surface area contributed by atoms with Gasteiger partial charge in [-0.2, -0.15) is 0 Å². The summed E-state index contributed by atoms with van der Waals surface area (Å²) in [5.41, 5.74) is 0.763. The van der Waals surface area contributed by atoms with Crippen LogP contribution in [0.25, 0.3) is 0 Å². The van der Waals surface area contributed by atoms with Gasteiger partial charge in [0, 0.05) is 25.3 Å². The highest BCUT2D eigenvalue weighted by Crippen LogP contribution is 2.62. The van der Waals surface area contributed by atoms with Crippen molar-refractivity contribution in [1.29, 1.82) is 0 Å². The Bertz CT molecular complexity index is 942. The first kappa shape index (κ1) is 27.9. The molecule has 3 aliphatic rings. The number of esters is 4.